The lowest BCUT2D eigenvalue weighted by Gasteiger charge is -2.09. The highest BCUT2D eigenvalue weighted by atomic mass is 35.5. The quantitative estimate of drug-likeness (QED) is 0.400. The molecule has 0 bridgehead atoms. The molecule has 0 radical (unpaired) electrons. The highest BCUT2D eigenvalue weighted by Gasteiger charge is 2.16. The number of carbonyl (C=O) groups excluding carboxylic acids is 1. The molecule has 11 heteroatoms. The highest BCUT2D eigenvalue weighted by molar-refractivity contribution is 6.35. The third-order valence-corrected chi connectivity index (χ3v) is 4.96. The fourth-order valence-electron chi connectivity index (χ4n) is 2.83. The molecule has 0 atom stereocenters. The molecule has 0 aliphatic carbocycles. The van der Waals surface area contributed by atoms with Crippen LogP contribution in [0.25, 0.3) is 10.9 Å². The number of fused-ring (bicyclic) bond motifs is 1. The zero-order valence-corrected chi connectivity index (χ0v) is 17.0. The van der Waals surface area contributed by atoms with Crippen molar-refractivity contribution in [3.63, 3.8) is 0 Å². The molecule has 1 aromatic carbocycles. The minimum absolute atomic E-state index is 0.0439. The number of nitrogens with one attached hydrogen (secondary N) is 2. The number of aromatic nitrogens is 5. The standard InChI is InChI=1S/C19H16Cl2N6O3/c20-15-7-22-8-16(21)14(15)10-30-12-1-2-17-13(5-12)18(26-25-17)19(29)24-11-6-23-27(9-11)3-4-28/h1-2,5-9,28H,3-4,10H2,(H,24,29)(H,25,26). The van der Waals surface area contributed by atoms with Crippen LogP contribution in [0.5, 0.6) is 5.75 Å². The molecular formula is C19H16Cl2N6O3. The number of halogens is 2. The Balaban J connectivity index is 1.52. The first-order valence-electron chi connectivity index (χ1n) is 8.88. The fourth-order valence-corrected chi connectivity index (χ4v) is 3.30. The van der Waals surface area contributed by atoms with Crippen LogP contribution in [0.1, 0.15) is 16.1 Å². The van der Waals surface area contributed by atoms with Crippen molar-refractivity contribution in [2.45, 2.75) is 13.2 Å². The molecule has 3 aromatic heterocycles. The van der Waals surface area contributed by atoms with Crippen molar-refractivity contribution in [1.82, 2.24) is 25.0 Å². The second-order valence-electron chi connectivity index (χ2n) is 6.32. The number of nitrogens with zero attached hydrogens (tertiary/aromatic N) is 4. The number of aliphatic hydroxyl groups excluding tert-OH is 1. The zero-order chi connectivity index (χ0) is 21.1. The van der Waals surface area contributed by atoms with Gasteiger partial charge in [0.05, 0.1) is 40.6 Å². The topological polar surface area (TPSA) is 118 Å². The van der Waals surface area contributed by atoms with E-state index in [0.717, 1.165) is 0 Å². The molecule has 1 amide bonds. The summed E-state index contributed by atoms with van der Waals surface area (Å²) in [5.74, 6) is 0.125. The Morgan fingerprint density at radius 1 is 1.23 bits per heavy atom. The number of pyridine rings is 1. The average molecular weight is 447 g/mol. The van der Waals surface area contributed by atoms with E-state index in [-0.39, 0.29) is 18.9 Å². The molecule has 0 saturated heterocycles. The van der Waals surface area contributed by atoms with E-state index in [9.17, 15) is 4.79 Å². The van der Waals surface area contributed by atoms with Gasteiger partial charge in [-0.25, -0.2) is 0 Å². The summed E-state index contributed by atoms with van der Waals surface area (Å²) in [7, 11) is 0. The molecule has 4 rings (SSSR count). The molecule has 0 unspecified atom stereocenters. The molecule has 9 nitrogen and oxygen atoms in total. The van der Waals surface area contributed by atoms with Crippen LogP contribution in [0.3, 0.4) is 0 Å². The number of H-pyrrole nitrogens is 1. The van der Waals surface area contributed by atoms with E-state index in [1.165, 1.54) is 23.3 Å². The van der Waals surface area contributed by atoms with Gasteiger partial charge in [0, 0.05) is 29.5 Å². The second-order valence-corrected chi connectivity index (χ2v) is 7.13. The van der Waals surface area contributed by atoms with E-state index in [1.807, 2.05) is 0 Å². The minimum Gasteiger partial charge on any atom is -0.489 e. The summed E-state index contributed by atoms with van der Waals surface area (Å²) in [6, 6.07) is 5.24. The molecular weight excluding hydrogens is 431 g/mol. The maximum Gasteiger partial charge on any atom is 0.276 e. The Morgan fingerprint density at radius 2 is 2.03 bits per heavy atom. The predicted octanol–water partition coefficient (Wildman–Crippen LogP) is 3.28. The van der Waals surface area contributed by atoms with Crippen LogP contribution in [-0.2, 0) is 13.2 Å². The van der Waals surface area contributed by atoms with Gasteiger partial charge >= 0.3 is 0 Å². The Bertz CT molecular complexity index is 1190. The lowest BCUT2D eigenvalue weighted by Crippen LogP contribution is -2.12. The van der Waals surface area contributed by atoms with E-state index in [4.69, 9.17) is 33.0 Å². The number of carbonyl (C=O) groups is 1. The zero-order valence-electron chi connectivity index (χ0n) is 15.5. The van der Waals surface area contributed by atoms with Crippen molar-refractivity contribution >= 4 is 45.7 Å². The van der Waals surface area contributed by atoms with E-state index in [1.54, 1.807) is 24.4 Å². The number of aliphatic hydroxyl groups is 1. The van der Waals surface area contributed by atoms with Crippen LogP contribution in [0, 0.1) is 0 Å². The highest BCUT2D eigenvalue weighted by Crippen LogP contribution is 2.27. The van der Waals surface area contributed by atoms with E-state index >= 15 is 0 Å². The Labute approximate surface area is 180 Å². The van der Waals surface area contributed by atoms with Crippen molar-refractivity contribution in [1.29, 1.82) is 0 Å². The van der Waals surface area contributed by atoms with Gasteiger partial charge in [-0.1, -0.05) is 23.2 Å². The lowest BCUT2D eigenvalue weighted by atomic mass is 10.2. The monoisotopic (exact) mass is 446 g/mol. The first-order valence-corrected chi connectivity index (χ1v) is 9.64. The van der Waals surface area contributed by atoms with Crippen molar-refractivity contribution < 1.29 is 14.6 Å². The number of amides is 1. The Kier molecular flexibility index (Phi) is 5.84. The van der Waals surface area contributed by atoms with Crippen LogP contribution < -0.4 is 10.1 Å². The maximum atomic E-state index is 12.7. The summed E-state index contributed by atoms with van der Waals surface area (Å²) in [4.78, 5) is 16.6. The Hall–Kier alpha value is -3.14. The minimum atomic E-state index is -0.401. The number of ether oxygens (including phenoxy) is 1. The first kappa shape index (κ1) is 20.1. The molecule has 154 valence electrons. The third-order valence-electron chi connectivity index (χ3n) is 4.31. The number of aromatic amines is 1. The number of hydrogen-bond donors (Lipinski definition) is 3. The Morgan fingerprint density at radius 3 is 2.80 bits per heavy atom. The summed E-state index contributed by atoms with van der Waals surface area (Å²) in [6.07, 6.45) is 6.12. The van der Waals surface area contributed by atoms with E-state index in [0.29, 0.717) is 44.5 Å². The van der Waals surface area contributed by atoms with Gasteiger partial charge in [0.15, 0.2) is 5.69 Å². The van der Waals surface area contributed by atoms with Crippen molar-refractivity contribution in [3.05, 3.63) is 64.3 Å². The SMILES string of the molecule is O=C(Nc1cnn(CCO)c1)c1n[nH]c2ccc(OCc3c(Cl)cncc3Cl)cc12. The molecule has 0 saturated carbocycles. The molecule has 3 N–H and O–H groups in total. The molecule has 3 heterocycles. The van der Waals surface area contributed by atoms with Gasteiger partial charge in [0.1, 0.15) is 12.4 Å². The van der Waals surface area contributed by atoms with Crippen LogP contribution in [0.4, 0.5) is 5.69 Å². The van der Waals surface area contributed by atoms with Gasteiger partial charge in [-0.05, 0) is 18.2 Å². The molecule has 0 spiro atoms. The maximum absolute atomic E-state index is 12.7. The number of hydrogen-bond acceptors (Lipinski definition) is 6. The summed E-state index contributed by atoms with van der Waals surface area (Å²) in [5, 5.41) is 24.1. The van der Waals surface area contributed by atoms with Crippen LogP contribution >= 0.6 is 23.2 Å². The van der Waals surface area contributed by atoms with Crippen LogP contribution in [0.2, 0.25) is 10.0 Å². The molecule has 0 fully saturated rings. The van der Waals surface area contributed by atoms with Gasteiger partial charge in [-0.15, -0.1) is 0 Å². The van der Waals surface area contributed by atoms with E-state index < -0.39 is 5.91 Å². The van der Waals surface area contributed by atoms with Crippen molar-refractivity contribution in [2.75, 3.05) is 11.9 Å². The number of rotatable bonds is 7. The molecule has 0 aliphatic rings. The number of benzene rings is 1. The summed E-state index contributed by atoms with van der Waals surface area (Å²) in [6.45, 7) is 0.445. The summed E-state index contributed by atoms with van der Waals surface area (Å²) in [5.41, 5.74) is 2.02. The predicted molar refractivity (Wildman–Crippen MR) is 112 cm³/mol. The normalized spacial score (nSPS) is 11.0. The summed E-state index contributed by atoms with van der Waals surface area (Å²) >= 11 is 12.2. The molecule has 4 aromatic rings. The molecule has 30 heavy (non-hydrogen) atoms. The largest absolute Gasteiger partial charge is 0.489 e. The van der Waals surface area contributed by atoms with E-state index in [2.05, 4.69) is 25.6 Å². The molecule has 0 aliphatic heterocycles. The second kappa shape index (κ2) is 8.70. The van der Waals surface area contributed by atoms with Gasteiger partial charge in [0.2, 0.25) is 0 Å². The van der Waals surface area contributed by atoms with Crippen LogP contribution in [-0.4, -0.2) is 42.6 Å². The van der Waals surface area contributed by atoms with Crippen LogP contribution in [0.15, 0.2) is 43.0 Å². The van der Waals surface area contributed by atoms with Gasteiger partial charge < -0.3 is 15.2 Å². The van der Waals surface area contributed by atoms with Gasteiger partial charge in [-0.2, -0.15) is 10.2 Å². The van der Waals surface area contributed by atoms with Crippen molar-refractivity contribution in [3.8, 4) is 5.75 Å². The third kappa shape index (κ3) is 4.23. The average Bonchev–Trinajstić information content (AvgIpc) is 3.34. The number of anilines is 1. The van der Waals surface area contributed by atoms with Gasteiger partial charge in [-0.3, -0.25) is 19.6 Å². The smallest absolute Gasteiger partial charge is 0.276 e. The van der Waals surface area contributed by atoms with Crippen molar-refractivity contribution in [2.24, 2.45) is 0 Å². The lowest BCUT2D eigenvalue weighted by molar-refractivity contribution is 0.102. The first-order chi connectivity index (χ1) is 14.5. The van der Waals surface area contributed by atoms with Gasteiger partial charge in [0.25, 0.3) is 5.91 Å². The fraction of sp³-hybridized carbons (Fsp3) is 0.158. The summed E-state index contributed by atoms with van der Waals surface area (Å²) < 4.78 is 7.33.